The van der Waals surface area contributed by atoms with Crippen molar-refractivity contribution in [1.29, 1.82) is 0 Å². The number of carbonyl (C=O) groups is 2. The summed E-state index contributed by atoms with van der Waals surface area (Å²) in [5.41, 5.74) is 4.36. The monoisotopic (exact) mass is 529 g/mol. The first-order valence-electron chi connectivity index (χ1n) is 10.8. The van der Waals surface area contributed by atoms with Crippen LogP contribution in [0.3, 0.4) is 0 Å². The number of ether oxygens (including phenoxy) is 3. The van der Waals surface area contributed by atoms with E-state index in [0.717, 1.165) is 5.56 Å². The second-order valence-corrected chi connectivity index (χ2v) is 8.45. The molecular formula is C26H25Cl2N3O5. The predicted molar refractivity (Wildman–Crippen MR) is 140 cm³/mol. The van der Waals surface area contributed by atoms with Crippen LogP contribution in [0.25, 0.3) is 0 Å². The zero-order valence-corrected chi connectivity index (χ0v) is 21.4. The third-order valence-corrected chi connectivity index (χ3v) is 5.71. The largest absolute Gasteiger partial charge is 0.497 e. The Morgan fingerprint density at radius 2 is 1.69 bits per heavy atom. The molecule has 0 saturated heterocycles. The Morgan fingerprint density at radius 3 is 2.36 bits per heavy atom. The van der Waals surface area contributed by atoms with Crippen molar-refractivity contribution < 1.29 is 23.8 Å². The molecule has 0 saturated carbocycles. The molecule has 3 aromatic rings. The number of methoxy groups -OCH3 is 2. The molecule has 0 aliphatic heterocycles. The van der Waals surface area contributed by atoms with Crippen molar-refractivity contribution in [3.63, 3.8) is 0 Å². The Hall–Kier alpha value is -3.75. The predicted octanol–water partition coefficient (Wildman–Crippen LogP) is 5.31. The van der Waals surface area contributed by atoms with Crippen molar-refractivity contribution >= 4 is 46.9 Å². The van der Waals surface area contributed by atoms with Crippen molar-refractivity contribution in [2.45, 2.75) is 13.5 Å². The maximum atomic E-state index is 12.4. The highest BCUT2D eigenvalue weighted by Crippen LogP contribution is 2.30. The van der Waals surface area contributed by atoms with Crippen LogP contribution in [0.2, 0.25) is 10.0 Å². The fourth-order valence-corrected chi connectivity index (χ4v) is 3.45. The number of nitrogens with one attached hydrogen (secondary N) is 2. The first-order chi connectivity index (χ1) is 17.3. The standard InChI is InChI=1S/C26H25Cl2N3O5/c1-16(25(32)30-20-7-9-21(34-2)10-8-20)26(33)31-29-14-17-4-11-23(24(12-17)35-3)36-15-18-5-6-19(27)13-22(18)28/h4-14,16H,15H2,1-3H3,(H,30,32)(H,31,33). The van der Waals surface area contributed by atoms with Crippen molar-refractivity contribution in [3.05, 3.63) is 81.8 Å². The lowest BCUT2D eigenvalue weighted by molar-refractivity contribution is -0.131. The van der Waals surface area contributed by atoms with Gasteiger partial charge >= 0.3 is 0 Å². The van der Waals surface area contributed by atoms with Crippen molar-refractivity contribution in [2.75, 3.05) is 19.5 Å². The molecule has 0 aliphatic rings. The number of hydrazone groups is 1. The molecule has 0 heterocycles. The smallest absolute Gasteiger partial charge is 0.252 e. The highest BCUT2D eigenvalue weighted by molar-refractivity contribution is 6.35. The van der Waals surface area contributed by atoms with Crippen molar-refractivity contribution in [3.8, 4) is 17.2 Å². The first-order valence-corrected chi connectivity index (χ1v) is 11.6. The van der Waals surface area contributed by atoms with Crippen molar-refractivity contribution in [2.24, 2.45) is 11.0 Å². The number of amides is 2. The number of hydrogen-bond donors (Lipinski definition) is 2. The number of carbonyl (C=O) groups excluding carboxylic acids is 2. The van der Waals surface area contributed by atoms with Crippen LogP contribution < -0.4 is 25.0 Å². The van der Waals surface area contributed by atoms with Crippen molar-refractivity contribution in [1.82, 2.24) is 5.43 Å². The molecule has 0 aromatic heterocycles. The lowest BCUT2D eigenvalue weighted by atomic mass is 10.1. The summed E-state index contributed by atoms with van der Waals surface area (Å²) < 4.78 is 16.3. The molecule has 2 N–H and O–H groups in total. The van der Waals surface area contributed by atoms with E-state index in [0.29, 0.717) is 38.5 Å². The summed E-state index contributed by atoms with van der Waals surface area (Å²) in [6, 6.07) is 17.1. The molecule has 10 heteroatoms. The third-order valence-electron chi connectivity index (χ3n) is 5.12. The van der Waals surface area contributed by atoms with Gasteiger partial charge in [0.2, 0.25) is 5.91 Å². The van der Waals surface area contributed by atoms with E-state index in [-0.39, 0.29) is 6.61 Å². The van der Waals surface area contributed by atoms with Crippen LogP contribution >= 0.6 is 23.2 Å². The van der Waals surface area contributed by atoms with Gasteiger partial charge in [0.15, 0.2) is 11.5 Å². The Labute approximate surface area is 219 Å². The highest BCUT2D eigenvalue weighted by atomic mass is 35.5. The quantitative estimate of drug-likeness (QED) is 0.210. The average Bonchev–Trinajstić information content (AvgIpc) is 2.88. The zero-order chi connectivity index (χ0) is 26.1. The van der Waals surface area contributed by atoms with Crippen LogP contribution in [0.15, 0.2) is 65.8 Å². The number of benzene rings is 3. The minimum Gasteiger partial charge on any atom is -0.497 e. The SMILES string of the molecule is COc1ccc(NC(=O)C(C)C(=O)NN=Cc2ccc(OCc3ccc(Cl)cc3Cl)c(OC)c2)cc1. The van der Waals surface area contributed by atoms with Gasteiger partial charge in [-0.05, 0) is 67.1 Å². The van der Waals surface area contributed by atoms with Gasteiger partial charge in [-0.15, -0.1) is 0 Å². The molecule has 36 heavy (non-hydrogen) atoms. The topological polar surface area (TPSA) is 98.2 Å². The summed E-state index contributed by atoms with van der Waals surface area (Å²) in [6.07, 6.45) is 1.44. The molecule has 1 atom stereocenters. The molecule has 1 unspecified atom stereocenters. The molecule has 8 nitrogen and oxygen atoms in total. The Bertz CT molecular complexity index is 1250. The minimum atomic E-state index is -0.964. The van der Waals surface area contributed by atoms with Gasteiger partial charge in [-0.3, -0.25) is 9.59 Å². The summed E-state index contributed by atoms with van der Waals surface area (Å²) in [4.78, 5) is 24.7. The van der Waals surface area contributed by atoms with Crippen LogP contribution in [-0.2, 0) is 16.2 Å². The van der Waals surface area contributed by atoms with Gasteiger partial charge in [0.25, 0.3) is 5.91 Å². The molecule has 0 radical (unpaired) electrons. The van der Waals surface area contributed by atoms with Gasteiger partial charge in [0.1, 0.15) is 18.3 Å². The Balaban J connectivity index is 1.55. The fourth-order valence-electron chi connectivity index (χ4n) is 2.99. The Kier molecular flexibility index (Phi) is 9.55. The molecule has 0 aliphatic carbocycles. The van der Waals surface area contributed by atoms with Crippen LogP contribution in [0.5, 0.6) is 17.2 Å². The van der Waals surface area contributed by atoms with Gasteiger partial charge in [0.05, 0.1) is 20.4 Å². The summed E-state index contributed by atoms with van der Waals surface area (Å²) in [7, 11) is 3.07. The lowest BCUT2D eigenvalue weighted by Gasteiger charge is -2.12. The third kappa shape index (κ3) is 7.37. The van der Waals surface area contributed by atoms with E-state index in [4.69, 9.17) is 37.4 Å². The molecule has 3 rings (SSSR count). The van der Waals surface area contributed by atoms with Gasteiger partial charge < -0.3 is 19.5 Å². The van der Waals surface area contributed by atoms with Crippen LogP contribution in [-0.4, -0.2) is 32.2 Å². The molecule has 3 aromatic carbocycles. The second-order valence-electron chi connectivity index (χ2n) is 7.61. The molecule has 0 bridgehead atoms. The number of halogens is 2. The fraction of sp³-hybridized carbons (Fsp3) is 0.192. The van der Waals surface area contributed by atoms with Gasteiger partial charge in [-0.2, -0.15) is 5.10 Å². The molecule has 0 spiro atoms. The van der Waals surface area contributed by atoms with E-state index in [1.54, 1.807) is 67.8 Å². The van der Waals surface area contributed by atoms with E-state index in [1.165, 1.54) is 20.2 Å². The molecule has 188 valence electrons. The lowest BCUT2D eigenvalue weighted by Crippen LogP contribution is -2.34. The maximum Gasteiger partial charge on any atom is 0.252 e. The average molecular weight is 530 g/mol. The second kappa shape index (κ2) is 12.8. The van der Waals surface area contributed by atoms with E-state index >= 15 is 0 Å². The Morgan fingerprint density at radius 1 is 0.944 bits per heavy atom. The molecule has 0 fully saturated rings. The maximum absolute atomic E-state index is 12.4. The van der Waals surface area contributed by atoms with Gasteiger partial charge in [-0.25, -0.2) is 5.43 Å². The summed E-state index contributed by atoms with van der Waals surface area (Å²) in [6.45, 7) is 1.72. The zero-order valence-electron chi connectivity index (χ0n) is 19.9. The van der Waals surface area contributed by atoms with Crippen LogP contribution in [0.4, 0.5) is 5.69 Å². The van der Waals surface area contributed by atoms with E-state index in [9.17, 15) is 9.59 Å². The number of hydrogen-bond acceptors (Lipinski definition) is 6. The molecule has 2 amide bonds. The first kappa shape index (κ1) is 26.8. The number of nitrogens with zero attached hydrogens (tertiary/aromatic N) is 1. The minimum absolute atomic E-state index is 0.229. The number of rotatable bonds is 10. The van der Waals surface area contributed by atoms with Crippen LogP contribution in [0.1, 0.15) is 18.1 Å². The molecular weight excluding hydrogens is 505 g/mol. The van der Waals surface area contributed by atoms with E-state index in [1.807, 2.05) is 0 Å². The number of anilines is 1. The van der Waals surface area contributed by atoms with Gasteiger partial charge in [-0.1, -0.05) is 29.3 Å². The van der Waals surface area contributed by atoms with E-state index < -0.39 is 17.7 Å². The summed E-state index contributed by atoms with van der Waals surface area (Å²) in [5.74, 6) is -0.332. The highest BCUT2D eigenvalue weighted by Gasteiger charge is 2.21. The summed E-state index contributed by atoms with van der Waals surface area (Å²) in [5, 5.41) is 7.68. The van der Waals surface area contributed by atoms with Crippen LogP contribution in [0, 0.1) is 5.92 Å². The van der Waals surface area contributed by atoms with E-state index in [2.05, 4.69) is 15.8 Å². The summed E-state index contributed by atoms with van der Waals surface area (Å²) >= 11 is 12.1. The normalized spacial score (nSPS) is 11.6. The van der Waals surface area contributed by atoms with Gasteiger partial charge in [0, 0.05) is 21.3 Å².